The Morgan fingerprint density at radius 1 is 1.50 bits per heavy atom. The number of thiophene rings is 1. The van der Waals surface area contributed by atoms with Gasteiger partial charge in [-0.3, -0.25) is 0 Å². The zero-order chi connectivity index (χ0) is 9.26. The highest BCUT2D eigenvalue weighted by atomic mass is 35.5. The molecule has 1 fully saturated rings. The number of rotatable bonds is 4. The summed E-state index contributed by atoms with van der Waals surface area (Å²) >= 11 is 1.89. The lowest BCUT2D eigenvalue weighted by atomic mass is 10.1. The lowest BCUT2D eigenvalue weighted by molar-refractivity contribution is 0.605. The molecule has 0 aromatic carbocycles. The van der Waals surface area contributed by atoms with Gasteiger partial charge in [0.15, 0.2) is 0 Å². The largest absolute Gasteiger partial charge is 0.323 e. The van der Waals surface area contributed by atoms with Gasteiger partial charge in [0.05, 0.1) is 0 Å². The van der Waals surface area contributed by atoms with Crippen LogP contribution in [-0.2, 0) is 6.42 Å². The van der Waals surface area contributed by atoms with Crippen molar-refractivity contribution in [3.63, 3.8) is 0 Å². The van der Waals surface area contributed by atoms with Gasteiger partial charge in [-0.25, -0.2) is 0 Å². The maximum Gasteiger partial charge on any atom is 0.0392 e. The Labute approximate surface area is 96.1 Å². The van der Waals surface area contributed by atoms with Crippen molar-refractivity contribution < 1.29 is 0 Å². The Balaban J connectivity index is 0.000000980. The van der Waals surface area contributed by atoms with Crippen LogP contribution in [0.3, 0.4) is 0 Å². The molecule has 2 rings (SSSR count). The molecule has 1 heterocycles. The fraction of sp³-hybridized carbons (Fsp3) is 0.636. The Hall–Kier alpha value is -0.0500. The predicted octanol–water partition coefficient (Wildman–Crippen LogP) is 3.53. The zero-order valence-corrected chi connectivity index (χ0v) is 10.2. The van der Waals surface area contributed by atoms with Gasteiger partial charge in [-0.15, -0.1) is 23.7 Å². The first-order valence-electron chi connectivity index (χ1n) is 5.13. The lowest BCUT2D eigenvalue weighted by Gasteiger charge is -2.07. The van der Waals surface area contributed by atoms with E-state index in [0.717, 1.165) is 12.3 Å². The van der Waals surface area contributed by atoms with E-state index in [1.54, 1.807) is 0 Å². The molecule has 1 aromatic rings. The van der Waals surface area contributed by atoms with Crippen molar-refractivity contribution in [2.45, 2.75) is 38.6 Å². The monoisotopic (exact) mass is 231 g/mol. The van der Waals surface area contributed by atoms with Crippen molar-refractivity contribution in [1.29, 1.82) is 0 Å². The minimum Gasteiger partial charge on any atom is -0.323 e. The second kappa shape index (κ2) is 5.15. The Kier molecular flexibility index (Phi) is 4.42. The fourth-order valence-corrected chi connectivity index (χ4v) is 2.58. The molecular weight excluding hydrogens is 214 g/mol. The van der Waals surface area contributed by atoms with Crippen LogP contribution in [-0.4, -0.2) is 0 Å². The molecule has 1 atom stereocenters. The summed E-state index contributed by atoms with van der Waals surface area (Å²) in [6.07, 6.45) is 5.14. The van der Waals surface area contributed by atoms with Crippen LogP contribution in [0.1, 0.15) is 42.0 Å². The molecule has 0 amide bonds. The summed E-state index contributed by atoms with van der Waals surface area (Å²) < 4.78 is 0. The van der Waals surface area contributed by atoms with Crippen LogP contribution in [0.5, 0.6) is 0 Å². The lowest BCUT2D eigenvalue weighted by Crippen LogP contribution is -2.08. The summed E-state index contributed by atoms with van der Waals surface area (Å²) in [5.74, 6) is 0.933. The van der Waals surface area contributed by atoms with E-state index in [1.807, 2.05) is 11.3 Å². The van der Waals surface area contributed by atoms with Gasteiger partial charge in [0.1, 0.15) is 0 Å². The average molecular weight is 232 g/mol. The summed E-state index contributed by atoms with van der Waals surface area (Å²) in [5.41, 5.74) is 6.11. The van der Waals surface area contributed by atoms with Gasteiger partial charge in [-0.1, -0.05) is 19.8 Å². The normalized spacial score (nSPS) is 17.6. The minimum atomic E-state index is 0. The highest BCUT2D eigenvalue weighted by Crippen LogP contribution is 2.38. The van der Waals surface area contributed by atoms with Crippen molar-refractivity contribution >= 4 is 23.7 Å². The minimum absolute atomic E-state index is 0. The van der Waals surface area contributed by atoms with Crippen LogP contribution in [0.4, 0.5) is 0 Å². The molecule has 3 heteroatoms. The van der Waals surface area contributed by atoms with Crippen LogP contribution < -0.4 is 5.73 Å². The molecule has 14 heavy (non-hydrogen) atoms. The second-order valence-corrected chi connectivity index (χ2v) is 5.14. The average Bonchev–Trinajstić information content (AvgIpc) is 2.82. The maximum absolute atomic E-state index is 6.11. The van der Waals surface area contributed by atoms with Crippen LogP contribution in [0.25, 0.3) is 0 Å². The third kappa shape index (κ3) is 2.97. The quantitative estimate of drug-likeness (QED) is 0.843. The summed E-state index contributed by atoms with van der Waals surface area (Å²) in [6.45, 7) is 2.20. The molecule has 1 aliphatic rings. The molecule has 0 aliphatic heterocycles. The van der Waals surface area contributed by atoms with Gasteiger partial charge < -0.3 is 5.73 Å². The molecule has 1 saturated carbocycles. The first-order chi connectivity index (χ1) is 6.29. The number of hydrogen-bond acceptors (Lipinski definition) is 2. The third-order valence-corrected chi connectivity index (χ3v) is 4.04. The smallest absolute Gasteiger partial charge is 0.0392 e. The first kappa shape index (κ1) is 12.0. The molecule has 1 nitrogen and oxygen atoms in total. The standard InChI is InChI=1S/C11H17NS.ClH/c1-2-9-5-6-11(13-9)10(12)7-8-3-4-8;/h5-6,8,10H,2-4,7,12H2,1H3;1H/t10-;/m0./s1. The second-order valence-electron chi connectivity index (χ2n) is 3.94. The third-order valence-electron chi connectivity index (χ3n) is 2.68. The predicted molar refractivity (Wildman–Crippen MR) is 65.2 cm³/mol. The molecule has 0 unspecified atom stereocenters. The molecule has 1 aromatic heterocycles. The highest BCUT2D eigenvalue weighted by Gasteiger charge is 2.24. The van der Waals surface area contributed by atoms with E-state index in [9.17, 15) is 0 Å². The van der Waals surface area contributed by atoms with E-state index in [0.29, 0.717) is 6.04 Å². The van der Waals surface area contributed by atoms with Gasteiger partial charge in [-0.05, 0) is 30.9 Å². The summed E-state index contributed by atoms with van der Waals surface area (Å²) in [6, 6.07) is 4.72. The van der Waals surface area contributed by atoms with E-state index in [-0.39, 0.29) is 12.4 Å². The van der Waals surface area contributed by atoms with Crippen LogP contribution >= 0.6 is 23.7 Å². The molecule has 0 saturated heterocycles. The summed E-state index contributed by atoms with van der Waals surface area (Å²) in [4.78, 5) is 2.84. The fourth-order valence-electron chi connectivity index (χ4n) is 1.61. The van der Waals surface area contributed by atoms with E-state index < -0.39 is 0 Å². The van der Waals surface area contributed by atoms with Crippen molar-refractivity contribution in [2.24, 2.45) is 11.7 Å². The van der Waals surface area contributed by atoms with Crippen molar-refractivity contribution in [3.8, 4) is 0 Å². The molecular formula is C11H18ClNS. The van der Waals surface area contributed by atoms with Crippen LogP contribution in [0.2, 0.25) is 0 Å². The highest BCUT2D eigenvalue weighted by molar-refractivity contribution is 7.12. The Morgan fingerprint density at radius 2 is 2.21 bits per heavy atom. The molecule has 0 spiro atoms. The number of hydrogen-bond donors (Lipinski definition) is 1. The zero-order valence-electron chi connectivity index (χ0n) is 8.53. The van der Waals surface area contributed by atoms with E-state index in [4.69, 9.17) is 5.73 Å². The SMILES string of the molecule is CCc1ccc([C@@H](N)CC2CC2)s1.Cl. The molecule has 80 valence electrons. The van der Waals surface area contributed by atoms with Gasteiger partial charge in [-0.2, -0.15) is 0 Å². The Bertz CT molecular complexity index is 281. The van der Waals surface area contributed by atoms with Crippen LogP contribution in [0.15, 0.2) is 12.1 Å². The number of nitrogens with two attached hydrogens (primary N) is 1. The van der Waals surface area contributed by atoms with Crippen molar-refractivity contribution in [3.05, 3.63) is 21.9 Å². The molecule has 0 radical (unpaired) electrons. The van der Waals surface area contributed by atoms with Crippen LogP contribution in [0, 0.1) is 5.92 Å². The first-order valence-corrected chi connectivity index (χ1v) is 5.95. The Morgan fingerprint density at radius 3 is 2.71 bits per heavy atom. The molecule has 0 bridgehead atoms. The van der Waals surface area contributed by atoms with Crippen molar-refractivity contribution in [2.75, 3.05) is 0 Å². The molecule has 2 N–H and O–H groups in total. The maximum atomic E-state index is 6.11. The summed E-state index contributed by atoms with van der Waals surface area (Å²) in [7, 11) is 0. The van der Waals surface area contributed by atoms with E-state index in [1.165, 1.54) is 29.0 Å². The van der Waals surface area contributed by atoms with Gasteiger partial charge in [0, 0.05) is 15.8 Å². The number of aryl methyl sites for hydroxylation is 1. The van der Waals surface area contributed by atoms with Gasteiger partial charge in [0.25, 0.3) is 0 Å². The topological polar surface area (TPSA) is 26.0 Å². The number of halogens is 1. The van der Waals surface area contributed by atoms with E-state index in [2.05, 4.69) is 19.1 Å². The summed E-state index contributed by atoms with van der Waals surface area (Å²) in [5, 5.41) is 0. The van der Waals surface area contributed by atoms with Gasteiger partial charge >= 0.3 is 0 Å². The van der Waals surface area contributed by atoms with Crippen molar-refractivity contribution in [1.82, 2.24) is 0 Å². The van der Waals surface area contributed by atoms with Gasteiger partial charge in [0.2, 0.25) is 0 Å². The molecule has 1 aliphatic carbocycles. The van der Waals surface area contributed by atoms with E-state index >= 15 is 0 Å².